The summed E-state index contributed by atoms with van der Waals surface area (Å²) in [6.07, 6.45) is -0.647. The van der Waals surface area contributed by atoms with Gasteiger partial charge in [0.1, 0.15) is 11.6 Å². The largest absolute Gasteiger partial charge is 0.444 e. The number of halogens is 2. The molecular formula is C17H24Cl2N2O3. The van der Waals surface area contributed by atoms with Gasteiger partial charge in [-0.2, -0.15) is 0 Å². The van der Waals surface area contributed by atoms with Crippen molar-refractivity contribution in [3.8, 4) is 0 Å². The minimum Gasteiger partial charge on any atom is -0.444 e. The number of hydrogen-bond donors (Lipinski definition) is 2. The van der Waals surface area contributed by atoms with Gasteiger partial charge in [0.15, 0.2) is 0 Å². The maximum absolute atomic E-state index is 12.6. The summed E-state index contributed by atoms with van der Waals surface area (Å²) in [6.45, 7) is 10.8. The second-order valence-corrected chi connectivity index (χ2v) is 8.38. The van der Waals surface area contributed by atoms with E-state index in [1.54, 1.807) is 39.0 Å². The van der Waals surface area contributed by atoms with Crippen LogP contribution in [0.5, 0.6) is 0 Å². The molecule has 0 radical (unpaired) electrons. The number of hydrogen-bond acceptors (Lipinski definition) is 3. The Bertz CT molecular complexity index is 619. The van der Waals surface area contributed by atoms with Crippen LogP contribution in [0.2, 0.25) is 10.0 Å². The summed E-state index contributed by atoms with van der Waals surface area (Å²) in [4.78, 5) is 24.6. The lowest BCUT2D eigenvalue weighted by Gasteiger charge is -2.31. The highest BCUT2D eigenvalue weighted by Crippen LogP contribution is 2.26. The molecule has 0 fully saturated rings. The molecule has 0 saturated carbocycles. The van der Waals surface area contributed by atoms with Crippen molar-refractivity contribution in [1.29, 1.82) is 0 Å². The molecule has 0 aliphatic rings. The Morgan fingerprint density at radius 3 is 2.08 bits per heavy atom. The number of carbonyl (C=O) groups is 2. The number of ether oxygens (including phenoxy) is 1. The Morgan fingerprint density at radius 1 is 1.04 bits per heavy atom. The van der Waals surface area contributed by atoms with Crippen LogP contribution in [0.15, 0.2) is 18.2 Å². The molecule has 0 saturated heterocycles. The van der Waals surface area contributed by atoms with Gasteiger partial charge in [-0.25, -0.2) is 4.79 Å². The molecule has 2 amide bonds. The third kappa shape index (κ3) is 6.57. The monoisotopic (exact) mass is 374 g/mol. The smallest absolute Gasteiger partial charge is 0.408 e. The first-order chi connectivity index (χ1) is 10.8. The van der Waals surface area contributed by atoms with Crippen LogP contribution in [0.25, 0.3) is 0 Å². The lowest BCUT2D eigenvalue weighted by Crippen LogP contribution is -2.52. The number of benzene rings is 1. The molecule has 7 heteroatoms. The molecule has 1 atom stereocenters. The highest BCUT2D eigenvalue weighted by molar-refractivity contribution is 6.42. The molecule has 0 aliphatic heterocycles. The molecule has 5 nitrogen and oxygen atoms in total. The SMILES string of the molecule is CC(C)(C)OC(=O)NC(C(=O)Nc1ccc(Cl)c(Cl)c1)C(C)(C)C. The zero-order chi connectivity index (χ0) is 18.7. The fraction of sp³-hybridized carbons (Fsp3) is 0.529. The van der Waals surface area contributed by atoms with E-state index in [4.69, 9.17) is 27.9 Å². The van der Waals surface area contributed by atoms with Gasteiger partial charge in [0.25, 0.3) is 0 Å². The topological polar surface area (TPSA) is 67.4 Å². The molecule has 0 bridgehead atoms. The fourth-order valence-electron chi connectivity index (χ4n) is 1.89. The van der Waals surface area contributed by atoms with Crippen molar-refractivity contribution < 1.29 is 14.3 Å². The van der Waals surface area contributed by atoms with Crippen molar-refractivity contribution in [2.45, 2.75) is 53.2 Å². The van der Waals surface area contributed by atoms with E-state index in [1.165, 1.54) is 0 Å². The van der Waals surface area contributed by atoms with Gasteiger partial charge in [0, 0.05) is 5.69 Å². The lowest BCUT2D eigenvalue weighted by molar-refractivity contribution is -0.120. The van der Waals surface area contributed by atoms with Crippen LogP contribution in [-0.2, 0) is 9.53 Å². The summed E-state index contributed by atoms with van der Waals surface area (Å²) in [7, 11) is 0. The van der Waals surface area contributed by atoms with Crippen molar-refractivity contribution >= 4 is 40.9 Å². The number of amides is 2. The van der Waals surface area contributed by atoms with Crippen molar-refractivity contribution in [3.63, 3.8) is 0 Å². The van der Waals surface area contributed by atoms with E-state index in [-0.39, 0.29) is 5.91 Å². The number of rotatable bonds is 3. The third-order valence-electron chi connectivity index (χ3n) is 2.98. The van der Waals surface area contributed by atoms with Crippen molar-refractivity contribution in [2.24, 2.45) is 5.41 Å². The zero-order valence-electron chi connectivity index (χ0n) is 14.8. The summed E-state index contributed by atoms with van der Waals surface area (Å²) in [6, 6.07) is 3.99. The third-order valence-corrected chi connectivity index (χ3v) is 3.72. The van der Waals surface area contributed by atoms with Gasteiger partial charge in [0.2, 0.25) is 5.91 Å². The van der Waals surface area contributed by atoms with E-state index in [2.05, 4.69) is 10.6 Å². The number of anilines is 1. The Labute approximate surface area is 153 Å². The highest BCUT2D eigenvalue weighted by atomic mass is 35.5. The molecule has 1 aromatic carbocycles. The standard InChI is InChI=1S/C17H24Cl2N2O3/c1-16(2,3)13(21-15(23)24-17(4,5)6)14(22)20-10-7-8-11(18)12(19)9-10/h7-9,13H,1-6H3,(H,20,22)(H,21,23). The number of nitrogens with one attached hydrogen (secondary N) is 2. The van der Waals surface area contributed by atoms with E-state index in [0.29, 0.717) is 15.7 Å². The van der Waals surface area contributed by atoms with Crippen LogP contribution in [0.4, 0.5) is 10.5 Å². The Morgan fingerprint density at radius 2 is 1.62 bits per heavy atom. The molecular weight excluding hydrogens is 351 g/mol. The first-order valence-corrected chi connectivity index (χ1v) is 8.30. The van der Waals surface area contributed by atoms with Crippen LogP contribution in [0, 0.1) is 5.41 Å². The minimum atomic E-state index is -0.790. The van der Waals surface area contributed by atoms with Gasteiger partial charge in [-0.15, -0.1) is 0 Å². The van der Waals surface area contributed by atoms with Crippen LogP contribution in [0.1, 0.15) is 41.5 Å². The maximum atomic E-state index is 12.6. The average molecular weight is 375 g/mol. The van der Waals surface area contributed by atoms with Gasteiger partial charge in [-0.05, 0) is 44.4 Å². The van der Waals surface area contributed by atoms with Crippen molar-refractivity contribution in [1.82, 2.24) is 5.32 Å². The number of alkyl carbamates (subject to hydrolysis) is 1. The molecule has 0 heterocycles. The molecule has 0 spiro atoms. The van der Waals surface area contributed by atoms with Crippen molar-refractivity contribution in [2.75, 3.05) is 5.32 Å². The highest BCUT2D eigenvalue weighted by Gasteiger charge is 2.34. The van der Waals surface area contributed by atoms with Crippen LogP contribution >= 0.6 is 23.2 Å². The second kappa shape index (κ2) is 7.62. The summed E-state index contributed by atoms with van der Waals surface area (Å²) in [5.74, 6) is -0.369. The lowest BCUT2D eigenvalue weighted by atomic mass is 9.86. The van der Waals surface area contributed by atoms with Crippen LogP contribution < -0.4 is 10.6 Å². The Hall–Kier alpha value is -1.46. The average Bonchev–Trinajstić information content (AvgIpc) is 2.37. The van der Waals surface area contributed by atoms with Crippen LogP contribution in [-0.4, -0.2) is 23.6 Å². The quantitative estimate of drug-likeness (QED) is 0.792. The molecule has 1 aromatic rings. The maximum Gasteiger partial charge on any atom is 0.408 e. The fourth-order valence-corrected chi connectivity index (χ4v) is 2.19. The van der Waals surface area contributed by atoms with E-state index >= 15 is 0 Å². The van der Waals surface area contributed by atoms with Gasteiger partial charge in [0.05, 0.1) is 10.0 Å². The number of carbonyl (C=O) groups excluding carboxylic acids is 2. The Balaban J connectivity index is 2.89. The van der Waals surface area contributed by atoms with Crippen molar-refractivity contribution in [3.05, 3.63) is 28.2 Å². The summed E-state index contributed by atoms with van der Waals surface area (Å²) in [5.41, 5.74) is -0.668. The molecule has 134 valence electrons. The molecule has 1 rings (SSSR count). The normalized spacial score (nSPS) is 13.2. The van der Waals surface area contributed by atoms with Crippen LogP contribution in [0.3, 0.4) is 0 Å². The van der Waals surface area contributed by atoms with E-state index in [9.17, 15) is 9.59 Å². The van der Waals surface area contributed by atoms with Gasteiger partial charge >= 0.3 is 6.09 Å². The first-order valence-electron chi connectivity index (χ1n) is 7.55. The predicted molar refractivity (Wildman–Crippen MR) is 97.7 cm³/mol. The summed E-state index contributed by atoms with van der Waals surface area (Å²) < 4.78 is 5.23. The van der Waals surface area contributed by atoms with E-state index in [1.807, 2.05) is 20.8 Å². The molecule has 24 heavy (non-hydrogen) atoms. The first kappa shape index (κ1) is 20.6. The van der Waals surface area contributed by atoms with Gasteiger partial charge < -0.3 is 15.4 Å². The zero-order valence-corrected chi connectivity index (χ0v) is 16.3. The van der Waals surface area contributed by atoms with E-state index < -0.39 is 23.2 Å². The van der Waals surface area contributed by atoms with E-state index in [0.717, 1.165) is 0 Å². The van der Waals surface area contributed by atoms with Gasteiger partial charge in [-0.3, -0.25) is 4.79 Å². The molecule has 0 aromatic heterocycles. The molecule has 0 aliphatic carbocycles. The summed E-state index contributed by atoms with van der Waals surface area (Å²) >= 11 is 11.8. The van der Waals surface area contributed by atoms with Gasteiger partial charge in [-0.1, -0.05) is 44.0 Å². The Kier molecular flexibility index (Phi) is 6.53. The molecule has 2 N–H and O–H groups in total. The molecule has 1 unspecified atom stereocenters. The predicted octanol–water partition coefficient (Wildman–Crippen LogP) is 4.87. The second-order valence-electron chi connectivity index (χ2n) is 7.56. The summed E-state index contributed by atoms with van der Waals surface area (Å²) in [5, 5.41) is 6.09. The minimum absolute atomic E-state index is 0.335.